The lowest BCUT2D eigenvalue weighted by Crippen LogP contribution is -2.55. The summed E-state index contributed by atoms with van der Waals surface area (Å²) in [6.45, 7) is 8.57. The number of anilines is 1. The molecule has 5 rings (SSSR count). The van der Waals surface area contributed by atoms with E-state index in [1.807, 2.05) is 40.6 Å². The van der Waals surface area contributed by atoms with Gasteiger partial charge in [0.15, 0.2) is 0 Å². The molecule has 1 unspecified atom stereocenters. The molecule has 2 aromatic heterocycles. The normalized spacial score (nSPS) is 19.2. The molecule has 3 aromatic rings. The highest BCUT2D eigenvalue weighted by Crippen LogP contribution is 2.39. The second-order valence-corrected chi connectivity index (χ2v) is 11.0. The van der Waals surface area contributed by atoms with Gasteiger partial charge in [0.1, 0.15) is 11.9 Å². The van der Waals surface area contributed by atoms with Crippen LogP contribution < -0.4 is 4.90 Å². The Hall–Kier alpha value is -3.21. The molecule has 0 spiro atoms. The van der Waals surface area contributed by atoms with Gasteiger partial charge in [-0.15, -0.1) is 11.3 Å². The van der Waals surface area contributed by atoms with E-state index in [4.69, 9.17) is 9.72 Å². The average Bonchev–Trinajstić information content (AvgIpc) is 3.35. The first-order valence-corrected chi connectivity index (χ1v) is 13.0. The van der Waals surface area contributed by atoms with Crippen molar-refractivity contribution in [3.63, 3.8) is 0 Å². The number of fused-ring (bicyclic) bond motifs is 1. The third-order valence-corrected chi connectivity index (χ3v) is 7.79. The van der Waals surface area contributed by atoms with Gasteiger partial charge in [-0.05, 0) is 37.8 Å². The molecule has 1 atom stereocenters. The first kappa shape index (κ1) is 23.5. The topological polar surface area (TPSA) is 69.5 Å². The monoisotopic (exact) mass is 486 g/mol. The minimum Gasteiger partial charge on any atom is -0.370 e. The van der Waals surface area contributed by atoms with Gasteiger partial charge in [-0.2, -0.15) is 5.26 Å². The van der Waals surface area contributed by atoms with Crippen molar-refractivity contribution in [1.29, 1.82) is 5.26 Å². The SMILES string of the molecule is CC1CN(c2nc(-c3ccccc3)c3c(c2C#N)CC(C)(C)OC3)CCN1C(=O)Cc1cccs1. The average molecular weight is 487 g/mol. The molecule has 4 heterocycles. The van der Waals surface area contributed by atoms with Gasteiger partial charge >= 0.3 is 0 Å². The second kappa shape index (κ2) is 9.44. The zero-order chi connectivity index (χ0) is 24.6. The van der Waals surface area contributed by atoms with Crippen LogP contribution in [0.3, 0.4) is 0 Å². The molecule has 1 amide bonds. The maximum Gasteiger partial charge on any atom is 0.228 e. The van der Waals surface area contributed by atoms with Crippen LogP contribution >= 0.6 is 11.3 Å². The highest BCUT2D eigenvalue weighted by molar-refractivity contribution is 7.10. The number of amides is 1. The number of nitriles is 1. The van der Waals surface area contributed by atoms with Crippen LogP contribution in [0.1, 0.15) is 42.3 Å². The highest BCUT2D eigenvalue weighted by Gasteiger charge is 2.35. The summed E-state index contributed by atoms with van der Waals surface area (Å²) in [6.07, 6.45) is 1.10. The summed E-state index contributed by atoms with van der Waals surface area (Å²) in [4.78, 5) is 23.3. The number of hydrogen-bond donors (Lipinski definition) is 0. The predicted molar refractivity (Wildman–Crippen MR) is 138 cm³/mol. The Morgan fingerprint density at radius 2 is 2.00 bits per heavy atom. The molecule has 1 fully saturated rings. The van der Waals surface area contributed by atoms with Crippen LogP contribution in [0.5, 0.6) is 0 Å². The molecule has 2 aliphatic heterocycles. The Kier molecular flexibility index (Phi) is 6.35. The minimum atomic E-state index is -0.342. The number of pyridine rings is 1. The van der Waals surface area contributed by atoms with Crippen LogP contribution in [0.15, 0.2) is 47.8 Å². The van der Waals surface area contributed by atoms with E-state index >= 15 is 0 Å². The fourth-order valence-corrected chi connectivity index (χ4v) is 5.81. The number of benzene rings is 1. The van der Waals surface area contributed by atoms with Crippen LogP contribution in [0.25, 0.3) is 11.3 Å². The van der Waals surface area contributed by atoms with E-state index in [1.54, 1.807) is 11.3 Å². The number of rotatable bonds is 4. The zero-order valence-electron chi connectivity index (χ0n) is 20.5. The van der Waals surface area contributed by atoms with Crippen LogP contribution in [0.4, 0.5) is 5.82 Å². The van der Waals surface area contributed by atoms with E-state index in [9.17, 15) is 10.1 Å². The predicted octanol–water partition coefficient (Wildman–Crippen LogP) is 4.81. The van der Waals surface area contributed by atoms with E-state index in [0.29, 0.717) is 44.6 Å². The summed E-state index contributed by atoms with van der Waals surface area (Å²) in [6, 6.07) is 16.6. The van der Waals surface area contributed by atoms with Crippen LogP contribution in [-0.2, 0) is 29.0 Å². The van der Waals surface area contributed by atoms with E-state index in [0.717, 1.165) is 33.1 Å². The molecule has 0 saturated carbocycles. The Morgan fingerprint density at radius 1 is 1.20 bits per heavy atom. The lowest BCUT2D eigenvalue weighted by Gasteiger charge is -2.41. The minimum absolute atomic E-state index is 0.0283. The van der Waals surface area contributed by atoms with Gasteiger partial charge in [-0.1, -0.05) is 36.4 Å². The van der Waals surface area contributed by atoms with E-state index in [2.05, 4.69) is 43.9 Å². The van der Waals surface area contributed by atoms with Crippen molar-refractivity contribution in [2.75, 3.05) is 24.5 Å². The number of aromatic nitrogens is 1. The largest absolute Gasteiger partial charge is 0.370 e. The third kappa shape index (κ3) is 4.69. The van der Waals surface area contributed by atoms with Crippen LogP contribution in [0.2, 0.25) is 0 Å². The summed E-state index contributed by atoms with van der Waals surface area (Å²) in [7, 11) is 0. The Balaban J connectivity index is 1.49. The van der Waals surface area contributed by atoms with Crippen molar-refractivity contribution in [1.82, 2.24) is 9.88 Å². The van der Waals surface area contributed by atoms with Gasteiger partial charge in [0, 0.05) is 48.1 Å². The number of hydrogen-bond acceptors (Lipinski definition) is 6. The molecule has 7 heteroatoms. The zero-order valence-corrected chi connectivity index (χ0v) is 21.3. The number of thiophene rings is 1. The number of ether oxygens (including phenoxy) is 1. The van der Waals surface area contributed by atoms with Gasteiger partial charge in [-0.25, -0.2) is 4.98 Å². The molecule has 35 heavy (non-hydrogen) atoms. The van der Waals surface area contributed by atoms with Gasteiger partial charge in [0.2, 0.25) is 5.91 Å². The molecule has 2 aliphatic rings. The van der Waals surface area contributed by atoms with Crippen LogP contribution in [-0.4, -0.2) is 47.1 Å². The molecule has 1 aromatic carbocycles. The maximum atomic E-state index is 13.0. The van der Waals surface area contributed by atoms with Gasteiger partial charge in [0.05, 0.1) is 29.9 Å². The van der Waals surface area contributed by atoms with Crippen molar-refractivity contribution >= 4 is 23.1 Å². The van der Waals surface area contributed by atoms with Crippen molar-refractivity contribution < 1.29 is 9.53 Å². The van der Waals surface area contributed by atoms with Crippen molar-refractivity contribution in [3.05, 3.63) is 69.4 Å². The highest BCUT2D eigenvalue weighted by atomic mass is 32.1. The van der Waals surface area contributed by atoms with Gasteiger partial charge in [0.25, 0.3) is 0 Å². The Labute approximate surface area is 210 Å². The first-order valence-electron chi connectivity index (χ1n) is 12.1. The molecule has 180 valence electrons. The number of carbonyl (C=O) groups is 1. The first-order chi connectivity index (χ1) is 16.9. The van der Waals surface area contributed by atoms with Gasteiger partial charge in [-0.3, -0.25) is 4.79 Å². The van der Waals surface area contributed by atoms with Crippen molar-refractivity contribution in [3.8, 4) is 17.3 Å². The summed E-state index contributed by atoms with van der Waals surface area (Å²) in [5, 5.41) is 12.3. The fraction of sp³-hybridized carbons (Fsp3) is 0.393. The molecular formula is C28H30N4O2S. The smallest absolute Gasteiger partial charge is 0.228 e. The Bertz CT molecular complexity index is 1260. The summed E-state index contributed by atoms with van der Waals surface area (Å²) >= 11 is 1.62. The molecule has 1 saturated heterocycles. The van der Waals surface area contributed by atoms with Crippen LogP contribution in [0, 0.1) is 11.3 Å². The third-order valence-electron chi connectivity index (χ3n) is 6.91. The summed E-state index contributed by atoms with van der Waals surface area (Å²) < 4.78 is 6.13. The van der Waals surface area contributed by atoms with E-state index < -0.39 is 0 Å². The summed E-state index contributed by atoms with van der Waals surface area (Å²) in [5.74, 6) is 0.877. The quantitative estimate of drug-likeness (QED) is 0.529. The van der Waals surface area contributed by atoms with E-state index in [-0.39, 0.29) is 17.6 Å². The molecule has 0 radical (unpaired) electrons. The lowest BCUT2D eigenvalue weighted by atomic mass is 9.86. The summed E-state index contributed by atoms with van der Waals surface area (Å²) in [5.41, 5.74) is 4.25. The molecule has 0 bridgehead atoms. The number of piperazine rings is 1. The molecule has 6 nitrogen and oxygen atoms in total. The van der Waals surface area contributed by atoms with E-state index in [1.165, 1.54) is 0 Å². The van der Waals surface area contributed by atoms with Gasteiger partial charge < -0.3 is 14.5 Å². The second-order valence-electron chi connectivity index (χ2n) is 9.96. The Morgan fingerprint density at radius 3 is 2.69 bits per heavy atom. The fourth-order valence-electron chi connectivity index (χ4n) is 5.12. The standard InChI is InChI=1S/C28H30N4O2S/c1-19-17-31(11-12-32(19)25(33)14-21-10-7-13-35-21)27-23(16-29)22-15-28(2,3)34-18-24(22)26(30-27)20-8-5-4-6-9-20/h4-10,13,19H,11-12,14-15,17-18H2,1-3H3. The number of nitrogens with zero attached hydrogens (tertiary/aromatic N) is 4. The maximum absolute atomic E-state index is 13.0. The van der Waals surface area contributed by atoms with Crippen molar-refractivity contribution in [2.24, 2.45) is 0 Å². The number of carbonyl (C=O) groups excluding carboxylic acids is 1. The lowest BCUT2D eigenvalue weighted by molar-refractivity contribution is -0.132. The van der Waals surface area contributed by atoms with Crippen molar-refractivity contribution in [2.45, 2.75) is 51.9 Å². The molecule has 0 aliphatic carbocycles. The molecular weight excluding hydrogens is 456 g/mol. The molecule has 0 N–H and O–H groups in total.